The molecule has 3 aromatic rings. The van der Waals surface area contributed by atoms with Crippen LogP contribution >= 0.6 is 7.82 Å². The first-order valence-electron chi connectivity index (χ1n) is 7.57. The highest BCUT2D eigenvalue weighted by Crippen LogP contribution is 2.38. The Morgan fingerprint density at radius 3 is 2.96 bits per heavy atom. The number of aromatic nitrogens is 5. The number of aliphatic hydroxyl groups is 1. The Hall–Kier alpha value is -2.21. The number of imidazole rings is 1. The predicted octanol–water partition coefficient (Wildman–Crippen LogP) is -0.803. The number of ether oxygens (including phenoxy) is 1. The van der Waals surface area contributed by atoms with Crippen molar-refractivity contribution in [1.29, 1.82) is 0 Å². The fourth-order valence-electron chi connectivity index (χ4n) is 2.85. The first-order valence-corrected chi connectivity index (χ1v) is 9.10. The van der Waals surface area contributed by atoms with Gasteiger partial charge < -0.3 is 19.6 Å². The lowest BCUT2D eigenvalue weighted by atomic mass is 10.2. The lowest BCUT2D eigenvalue weighted by Crippen LogP contribution is -2.25. The summed E-state index contributed by atoms with van der Waals surface area (Å²) in [6.45, 7) is -0.477. The zero-order chi connectivity index (χ0) is 18.5. The third-order valence-electron chi connectivity index (χ3n) is 4.04. The molecular formula is C13H14N5O7P. The van der Waals surface area contributed by atoms with Crippen molar-refractivity contribution >= 4 is 24.8 Å². The van der Waals surface area contributed by atoms with Crippen molar-refractivity contribution in [3.05, 3.63) is 35.1 Å². The van der Waals surface area contributed by atoms with Crippen LogP contribution in [0.15, 0.2) is 29.6 Å². The van der Waals surface area contributed by atoms with E-state index in [0.29, 0.717) is 0 Å². The second kappa shape index (κ2) is 6.20. The molecule has 0 aliphatic carbocycles. The fraction of sp³-hybridized carbons (Fsp3) is 0.385. The van der Waals surface area contributed by atoms with Crippen molar-refractivity contribution in [2.45, 2.75) is 24.9 Å². The molecule has 3 atom stereocenters. The standard InChI is InChI=1S/C13H14N5O7P/c19-7-4-9(25-8(7)5-24-26(21,22)23)18-6-15-10-11(18)16-13-14-2-1-3-17(13)12(10)20/h1-3,6-9,19H,4-5H2,(H2,21,22,23)/t7-,8+,9+/m0/s1. The summed E-state index contributed by atoms with van der Waals surface area (Å²) in [7, 11) is -4.67. The molecular weight excluding hydrogens is 369 g/mol. The van der Waals surface area contributed by atoms with E-state index in [1.54, 1.807) is 6.07 Å². The Balaban J connectivity index is 1.67. The van der Waals surface area contributed by atoms with Crippen molar-refractivity contribution in [2.24, 2.45) is 0 Å². The van der Waals surface area contributed by atoms with E-state index in [0.717, 1.165) is 0 Å². The Kier molecular flexibility index (Phi) is 4.10. The van der Waals surface area contributed by atoms with Crippen LogP contribution in [0.5, 0.6) is 0 Å². The van der Waals surface area contributed by atoms with Gasteiger partial charge in [0, 0.05) is 18.8 Å². The number of nitrogens with zero attached hydrogens (tertiary/aromatic N) is 5. The van der Waals surface area contributed by atoms with Crippen LogP contribution in [0, 0.1) is 0 Å². The number of fused-ring (bicyclic) bond motifs is 2. The molecule has 3 aromatic heterocycles. The molecule has 0 unspecified atom stereocenters. The molecule has 0 bridgehead atoms. The third kappa shape index (κ3) is 3.03. The molecule has 0 spiro atoms. The second-order valence-corrected chi connectivity index (χ2v) is 6.99. The predicted molar refractivity (Wildman–Crippen MR) is 85.1 cm³/mol. The number of phosphoric ester groups is 1. The first-order chi connectivity index (χ1) is 12.3. The molecule has 12 nitrogen and oxygen atoms in total. The van der Waals surface area contributed by atoms with E-state index in [1.165, 1.54) is 27.7 Å². The first kappa shape index (κ1) is 17.2. The monoisotopic (exact) mass is 383 g/mol. The van der Waals surface area contributed by atoms with E-state index in [4.69, 9.17) is 14.5 Å². The van der Waals surface area contributed by atoms with E-state index in [2.05, 4.69) is 19.5 Å². The van der Waals surface area contributed by atoms with Crippen molar-refractivity contribution in [3.8, 4) is 0 Å². The number of phosphoric acid groups is 1. The summed E-state index contributed by atoms with van der Waals surface area (Å²) in [6, 6.07) is 1.60. The third-order valence-corrected chi connectivity index (χ3v) is 4.53. The average molecular weight is 383 g/mol. The molecule has 3 N–H and O–H groups in total. The molecule has 138 valence electrons. The summed E-state index contributed by atoms with van der Waals surface area (Å²) >= 11 is 0. The summed E-state index contributed by atoms with van der Waals surface area (Å²) in [6.07, 6.45) is 1.83. The maximum atomic E-state index is 12.5. The molecule has 1 aliphatic heterocycles. The molecule has 1 saturated heterocycles. The molecule has 4 rings (SSSR count). The van der Waals surface area contributed by atoms with Crippen LogP contribution in [0.4, 0.5) is 0 Å². The van der Waals surface area contributed by atoms with Gasteiger partial charge in [0.05, 0.1) is 19.0 Å². The van der Waals surface area contributed by atoms with Crippen molar-refractivity contribution in [2.75, 3.05) is 6.61 Å². The van der Waals surface area contributed by atoms with Crippen LogP contribution in [0.3, 0.4) is 0 Å². The Labute approximate surface area is 144 Å². The smallest absolute Gasteiger partial charge is 0.390 e. The number of hydrogen-bond acceptors (Lipinski definition) is 8. The van der Waals surface area contributed by atoms with Crippen LogP contribution in [-0.4, -0.2) is 57.6 Å². The van der Waals surface area contributed by atoms with Crippen LogP contribution in [0.1, 0.15) is 12.6 Å². The van der Waals surface area contributed by atoms with Crippen molar-refractivity contribution in [3.63, 3.8) is 0 Å². The molecule has 1 fully saturated rings. The Morgan fingerprint density at radius 1 is 1.38 bits per heavy atom. The van der Waals surface area contributed by atoms with Crippen LogP contribution in [0.2, 0.25) is 0 Å². The minimum atomic E-state index is -4.67. The highest BCUT2D eigenvalue weighted by atomic mass is 31.2. The minimum absolute atomic E-state index is 0.114. The van der Waals surface area contributed by atoms with E-state index in [1.807, 2.05) is 0 Å². The maximum Gasteiger partial charge on any atom is 0.469 e. The van der Waals surface area contributed by atoms with Gasteiger partial charge in [-0.15, -0.1) is 0 Å². The Bertz CT molecular complexity index is 1080. The topological polar surface area (TPSA) is 161 Å². The average Bonchev–Trinajstić information content (AvgIpc) is 3.16. The summed E-state index contributed by atoms with van der Waals surface area (Å²) in [5.41, 5.74) is -0.0391. The molecule has 0 aromatic carbocycles. The van der Waals surface area contributed by atoms with Gasteiger partial charge in [-0.2, -0.15) is 4.98 Å². The van der Waals surface area contributed by atoms with Crippen LogP contribution in [0.25, 0.3) is 16.9 Å². The number of aliphatic hydroxyl groups excluding tert-OH is 1. The summed E-state index contributed by atoms with van der Waals surface area (Å²) in [4.78, 5) is 42.4. The largest absolute Gasteiger partial charge is 0.469 e. The van der Waals surface area contributed by atoms with Gasteiger partial charge in [0.2, 0.25) is 5.78 Å². The van der Waals surface area contributed by atoms with Gasteiger partial charge in [-0.25, -0.2) is 18.9 Å². The lowest BCUT2D eigenvalue weighted by Gasteiger charge is -2.16. The number of hydrogen-bond donors (Lipinski definition) is 3. The number of rotatable bonds is 4. The van der Waals surface area contributed by atoms with E-state index >= 15 is 0 Å². The molecule has 0 saturated carbocycles. The fourth-order valence-corrected chi connectivity index (χ4v) is 3.19. The molecule has 0 radical (unpaired) electrons. The minimum Gasteiger partial charge on any atom is -0.390 e. The van der Waals surface area contributed by atoms with Gasteiger partial charge in [-0.05, 0) is 6.07 Å². The van der Waals surface area contributed by atoms with Gasteiger partial charge in [0.1, 0.15) is 12.3 Å². The van der Waals surface area contributed by atoms with Gasteiger partial charge >= 0.3 is 7.82 Å². The maximum absolute atomic E-state index is 12.5. The molecule has 0 amide bonds. The summed E-state index contributed by atoms with van der Waals surface area (Å²) in [5, 5.41) is 10.1. The SMILES string of the molecule is O=c1c2ncn([C@H]3C[C@H](O)[C@@H](COP(=O)(O)O)O3)c2nc2ncccn12. The Morgan fingerprint density at radius 2 is 2.19 bits per heavy atom. The van der Waals surface area contributed by atoms with Crippen LogP contribution in [-0.2, 0) is 13.8 Å². The van der Waals surface area contributed by atoms with E-state index < -0.39 is 38.4 Å². The molecule has 26 heavy (non-hydrogen) atoms. The second-order valence-electron chi connectivity index (χ2n) is 5.75. The van der Waals surface area contributed by atoms with Gasteiger partial charge in [-0.3, -0.25) is 13.9 Å². The van der Waals surface area contributed by atoms with Crippen LogP contribution < -0.4 is 5.56 Å². The van der Waals surface area contributed by atoms with Gasteiger partial charge in [-0.1, -0.05) is 0 Å². The normalized spacial score (nSPS) is 23.9. The van der Waals surface area contributed by atoms with E-state index in [9.17, 15) is 14.5 Å². The van der Waals surface area contributed by atoms with E-state index in [-0.39, 0.29) is 23.4 Å². The highest BCUT2D eigenvalue weighted by molar-refractivity contribution is 7.46. The highest BCUT2D eigenvalue weighted by Gasteiger charge is 2.37. The quantitative estimate of drug-likeness (QED) is 0.486. The zero-order valence-corrected chi connectivity index (χ0v) is 14.0. The molecule has 4 heterocycles. The van der Waals surface area contributed by atoms with Gasteiger partial charge in [0.25, 0.3) is 5.56 Å². The lowest BCUT2D eigenvalue weighted by molar-refractivity contribution is -0.0424. The summed E-state index contributed by atoms with van der Waals surface area (Å²) in [5.74, 6) is 0.187. The summed E-state index contributed by atoms with van der Waals surface area (Å²) < 4.78 is 23.6. The molecule has 1 aliphatic rings. The molecule has 13 heteroatoms. The van der Waals surface area contributed by atoms with Crippen molar-refractivity contribution in [1.82, 2.24) is 23.9 Å². The van der Waals surface area contributed by atoms with Crippen molar-refractivity contribution < 1.29 is 28.7 Å². The zero-order valence-electron chi connectivity index (χ0n) is 13.1. The van der Waals surface area contributed by atoms with Gasteiger partial charge in [0.15, 0.2) is 11.2 Å².